The molecule has 4 aliphatic carbocycles. The first-order valence-corrected chi connectivity index (χ1v) is 20.8. The molecule has 1 aromatic rings. The summed E-state index contributed by atoms with van der Waals surface area (Å²) in [5, 5.41) is 11.5. The SMILES string of the molecule is CC.CC=C(C)C.CCC(=CCCC(C)C1CCC2C3CCC4C(C)(CC(=O)c5cc(N)cc(N)c5)C(O)CCC4(C)C3CCC12CC)CC. The summed E-state index contributed by atoms with van der Waals surface area (Å²) in [5.41, 5.74) is 17.0. The van der Waals surface area contributed by atoms with Crippen LogP contribution >= 0.6 is 0 Å². The molecule has 5 N–H and O–H groups in total. The number of aliphatic hydroxyl groups excluding tert-OH is 1. The molecular formula is C46H78N2O2. The highest BCUT2D eigenvalue weighted by atomic mass is 16.3. The minimum Gasteiger partial charge on any atom is -0.399 e. The van der Waals surface area contributed by atoms with Crippen LogP contribution in [0.5, 0.6) is 0 Å². The number of benzene rings is 1. The van der Waals surface area contributed by atoms with Crippen LogP contribution in [0, 0.1) is 51.8 Å². The van der Waals surface area contributed by atoms with E-state index in [1.54, 1.807) is 23.8 Å². The number of nitrogens with two attached hydrogens (primary N) is 2. The van der Waals surface area contributed by atoms with E-state index >= 15 is 0 Å². The molecule has 0 spiro atoms. The lowest BCUT2D eigenvalue weighted by Crippen LogP contribution is -2.60. The topological polar surface area (TPSA) is 89.3 Å². The van der Waals surface area contributed by atoms with Crippen molar-refractivity contribution >= 4 is 17.2 Å². The van der Waals surface area contributed by atoms with E-state index in [4.69, 9.17) is 11.5 Å². The molecule has 0 radical (unpaired) electrons. The van der Waals surface area contributed by atoms with Crippen molar-refractivity contribution in [3.63, 3.8) is 0 Å². The van der Waals surface area contributed by atoms with Gasteiger partial charge in [0.05, 0.1) is 6.10 Å². The van der Waals surface area contributed by atoms with Crippen LogP contribution in [0.15, 0.2) is 41.5 Å². The Morgan fingerprint density at radius 2 is 1.54 bits per heavy atom. The number of nitrogen functional groups attached to an aromatic ring is 2. The highest BCUT2D eigenvalue weighted by Crippen LogP contribution is 2.71. The van der Waals surface area contributed by atoms with E-state index in [0.717, 1.165) is 42.9 Å². The van der Waals surface area contributed by atoms with E-state index in [1.807, 2.05) is 20.8 Å². The monoisotopic (exact) mass is 691 g/mol. The van der Waals surface area contributed by atoms with Crippen molar-refractivity contribution in [1.29, 1.82) is 0 Å². The lowest BCUT2D eigenvalue weighted by Gasteiger charge is -2.65. The van der Waals surface area contributed by atoms with Gasteiger partial charge in [-0.05, 0) is 169 Å². The molecule has 0 aliphatic heterocycles. The van der Waals surface area contributed by atoms with Gasteiger partial charge in [-0.1, -0.05) is 78.7 Å². The highest BCUT2D eigenvalue weighted by Gasteiger charge is 2.64. The van der Waals surface area contributed by atoms with Crippen molar-refractivity contribution in [3.05, 3.63) is 47.1 Å². The van der Waals surface area contributed by atoms with Crippen LogP contribution in [0.2, 0.25) is 0 Å². The largest absolute Gasteiger partial charge is 0.399 e. The average molecular weight is 691 g/mol. The first-order valence-electron chi connectivity index (χ1n) is 20.8. The number of Topliss-reactive ketones (excluding diaryl/α,β-unsaturated/α-hetero) is 1. The molecule has 0 heterocycles. The van der Waals surface area contributed by atoms with Crippen molar-refractivity contribution in [2.24, 2.45) is 51.8 Å². The zero-order valence-corrected chi connectivity index (χ0v) is 34.3. The van der Waals surface area contributed by atoms with Crippen LogP contribution in [0.1, 0.15) is 176 Å². The summed E-state index contributed by atoms with van der Waals surface area (Å²) in [6.07, 6.45) is 20.6. The third-order valence-corrected chi connectivity index (χ3v) is 14.9. The molecule has 0 bridgehead atoms. The average Bonchev–Trinajstić information content (AvgIpc) is 3.50. The van der Waals surface area contributed by atoms with Crippen LogP contribution < -0.4 is 11.5 Å². The third kappa shape index (κ3) is 8.58. The molecule has 4 heteroatoms. The minimum absolute atomic E-state index is 0.0630. The number of hydrogen-bond donors (Lipinski definition) is 3. The van der Waals surface area contributed by atoms with Gasteiger partial charge in [0.15, 0.2) is 5.78 Å². The Labute approximate surface area is 308 Å². The van der Waals surface area contributed by atoms with Crippen molar-refractivity contribution in [2.45, 2.75) is 172 Å². The summed E-state index contributed by atoms with van der Waals surface area (Å²) in [7, 11) is 0. The van der Waals surface area contributed by atoms with Crippen LogP contribution in [0.4, 0.5) is 11.4 Å². The lowest BCUT2D eigenvalue weighted by atomic mass is 9.40. The molecule has 50 heavy (non-hydrogen) atoms. The highest BCUT2D eigenvalue weighted by molar-refractivity contribution is 5.98. The Balaban J connectivity index is 0.000000887. The molecule has 284 valence electrons. The molecule has 0 aromatic heterocycles. The Hall–Kier alpha value is -2.07. The predicted octanol–water partition coefficient (Wildman–Crippen LogP) is 12.6. The van der Waals surface area contributed by atoms with E-state index in [1.165, 1.54) is 69.8 Å². The first-order chi connectivity index (χ1) is 23.7. The van der Waals surface area contributed by atoms with Crippen LogP contribution in [0.25, 0.3) is 0 Å². The van der Waals surface area contributed by atoms with Gasteiger partial charge in [0.1, 0.15) is 0 Å². The van der Waals surface area contributed by atoms with Gasteiger partial charge in [-0.2, -0.15) is 0 Å². The number of hydrogen-bond acceptors (Lipinski definition) is 4. The molecule has 0 amide bonds. The van der Waals surface area contributed by atoms with Crippen molar-refractivity contribution < 1.29 is 9.90 Å². The predicted molar refractivity (Wildman–Crippen MR) is 217 cm³/mol. The van der Waals surface area contributed by atoms with Gasteiger partial charge in [0.25, 0.3) is 0 Å². The molecule has 5 rings (SSSR count). The van der Waals surface area contributed by atoms with Gasteiger partial charge in [-0.25, -0.2) is 0 Å². The fourth-order valence-corrected chi connectivity index (χ4v) is 12.1. The smallest absolute Gasteiger partial charge is 0.163 e. The number of carbonyl (C=O) groups excluding carboxylic acids is 1. The second-order valence-corrected chi connectivity index (χ2v) is 17.4. The number of aliphatic hydroxyl groups is 1. The summed E-state index contributed by atoms with van der Waals surface area (Å²) in [6.45, 7) is 24.6. The fourth-order valence-electron chi connectivity index (χ4n) is 12.1. The number of ketones is 1. The first kappa shape index (κ1) is 42.3. The Morgan fingerprint density at radius 3 is 2.10 bits per heavy atom. The standard InChI is InChI=1S/C39H62N2O2.C5H10.C2H6/c1-7-26(8-2)12-10-11-25(4)31-14-15-33-30-13-16-35-37(5,32(30)17-20-39(31,33)9-3)19-18-36(43)38(35,6)24-34(42)27-21-28(40)23-29(41)22-27;1-4-5(2)3;1-2/h12,21-23,25,30-33,35-36,43H,7-11,13-20,24,40-41H2,1-6H3;4H,1-3H3;1-2H3. The van der Waals surface area contributed by atoms with Gasteiger partial charge in [-0.15, -0.1) is 0 Å². The third-order valence-electron chi connectivity index (χ3n) is 14.9. The lowest BCUT2D eigenvalue weighted by molar-refractivity contribution is -0.185. The van der Waals surface area contributed by atoms with Crippen LogP contribution in [-0.2, 0) is 0 Å². The van der Waals surface area contributed by atoms with Gasteiger partial charge in [0.2, 0.25) is 0 Å². The fraction of sp³-hybridized carbons (Fsp3) is 0.761. The number of anilines is 2. The number of fused-ring (bicyclic) bond motifs is 5. The van der Waals surface area contributed by atoms with Crippen molar-refractivity contribution in [3.8, 4) is 0 Å². The summed E-state index contributed by atoms with van der Waals surface area (Å²) >= 11 is 0. The molecule has 4 aliphatic rings. The molecule has 1 aromatic carbocycles. The summed E-state index contributed by atoms with van der Waals surface area (Å²) < 4.78 is 0. The van der Waals surface area contributed by atoms with E-state index in [0.29, 0.717) is 40.6 Å². The quantitative estimate of drug-likeness (QED) is 0.129. The van der Waals surface area contributed by atoms with Gasteiger partial charge < -0.3 is 16.6 Å². The molecule has 0 saturated heterocycles. The van der Waals surface area contributed by atoms with E-state index < -0.39 is 11.5 Å². The van der Waals surface area contributed by atoms with Gasteiger partial charge in [0, 0.05) is 28.8 Å². The summed E-state index contributed by atoms with van der Waals surface area (Å²) in [5.74, 6) is 4.41. The van der Waals surface area contributed by atoms with E-state index in [9.17, 15) is 9.90 Å². The minimum atomic E-state index is -0.450. The van der Waals surface area contributed by atoms with Gasteiger partial charge in [-0.3, -0.25) is 4.79 Å². The number of allylic oxidation sites excluding steroid dienone is 4. The maximum absolute atomic E-state index is 13.7. The molecule has 4 nitrogen and oxygen atoms in total. The molecule has 10 atom stereocenters. The molecular weight excluding hydrogens is 613 g/mol. The molecule has 4 fully saturated rings. The Morgan fingerprint density at radius 1 is 0.920 bits per heavy atom. The Kier molecular flexibility index (Phi) is 15.3. The van der Waals surface area contributed by atoms with Crippen LogP contribution in [0.3, 0.4) is 0 Å². The van der Waals surface area contributed by atoms with E-state index in [2.05, 4.69) is 67.5 Å². The Bertz CT molecular complexity index is 1280. The van der Waals surface area contributed by atoms with Gasteiger partial charge >= 0.3 is 0 Å². The second kappa shape index (κ2) is 18.1. The van der Waals surface area contributed by atoms with Crippen LogP contribution in [-0.4, -0.2) is 17.0 Å². The molecule has 4 saturated carbocycles. The number of carbonyl (C=O) groups is 1. The van der Waals surface area contributed by atoms with E-state index in [-0.39, 0.29) is 11.2 Å². The maximum Gasteiger partial charge on any atom is 0.163 e. The van der Waals surface area contributed by atoms with Crippen molar-refractivity contribution in [1.82, 2.24) is 0 Å². The summed E-state index contributed by atoms with van der Waals surface area (Å²) in [6, 6.07) is 5.20. The second-order valence-electron chi connectivity index (χ2n) is 17.4. The summed E-state index contributed by atoms with van der Waals surface area (Å²) in [4.78, 5) is 13.7. The zero-order valence-electron chi connectivity index (χ0n) is 34.3. The zero-order chi connectivity index (χ0) is 37.4. The molecule has 10 unspecified atom stereocenters. The maximum atomic E-state index is 13.7. The number of rotatable bonds is 10. The normalized spacial score (nSPS) is 34.6. The van der Waals surface area contributed by atoms with Crippen molar-refractivity contribution in [2.75, 3.05) is 11.5 Å².